The number of rotatable bonds is 3. The summed E-state index contributed by atoms with van der Waals surface area (Å²) in [5.41, 5.74) is 0.663. The molecule has 8 heteroatoms. The van der Waals surface area contributed by atoms with Gasteiger partial charge in [0.15, 0.2) is 5.84 Å². The summed E-state index contributed by atoms with van der Waals surface area (Å²) in [6, 6.07) is 4.27. The highest BCUT2D eigenvalue weighted by Crippen LogP contribution is 2.21. The average Bonchev–Trinajstić information content (AvgIpc) is 2.82. The van der Waals surface area contributed by atoms with Crippen LogP contribution in [0, 0.1) is 11.2 Å². The molecule has 2 rings (SSSR count). The third kappa shape index (κ3) is 2.48. The van der Waals surface area contributed by atoms with Crippen LogP contribution in [-0.4, -0.2) is 23.3 Å². The predicted molar refractivity (Wildman–Crippen MR) is 65.4 cm³/mol. The first-order valence-corrected chi connectivity index (χ1v) is 5.58. The third-order valence-electron chi connectivity index (χ3n) is 2.08. The molecular formula is C10H8BrFN4O2. The van der Waals surface area contributed by atoms with Crippen LogP contribution in [0.5, 0.6) is 5.88 Å². The summed E-state index contributed by atoms with van der Waals surface area (Å²) in [5, 5.41) is 17.5. The van der Waals surface area contributed by atoms with Crippen LogP contribution in [0.3, 0.4) is 0 Å². The molecule has 0 saturated heterocycles. The van der Waals surface area contributed by atoms with Crippen molar-refractivity contribution in [3.05, 3.63) is 34.2 Å². The van der Waals surface area contributed by atoms with Crippen LogP contribution in [0.2, 0.25) is 0 Å². The van der Waals surface area contributed by atoms with Crippen molar-refractivity contribution in [2.24, 2.45) is 0 Å². The molecule has 0 radical (unpaired) electrons. The van der Waals surface area contributed by atoms with Crippen molar-refractivity contribution in [2.45, 2.75) is 0 Å². The number of nitrogens with one attached hydrogen (secondary N) is 2. The molecule has 6 nitrogen and oxygen atoms in total. The maximum atomic E-state index is 13.0. The van der Waals surface area contributed by atoms with Crippen molar-refractivity contribution in [3.8, 4) is 5.88 Å². The van der Waals surface area contributed by atoms with E-state index in [1.165, 1.54) is 25.3 Å². The van der Waals surface area contributed by atoms with Crippen molar-refractivity contribution in [1.29, 1.82) is 5.41 Å². The highest BCUT2D eigenvalue weighted by atomic mass is 79.9. The molecule has 2 N–H and O–H groups in total. The summed E-state index contributed by atoms with van der Waals surface area (Å²) in [6.07, 6.45) is 0. The summed E-state index contributed by atoms with van der Waals surface area (Å²) in [5.74, 6) is -0.340. The maximum Gasteiger partial charge on any atom is 0.286 e. The SMILES string of the molecule is COc1nonc1C(=N)Nc1ccc(F)c(Br)c1. The van der Waals surface area contributed by atoms with Gasteiger partial charge >= 0.3 is 0 Å². The number of nitrogens with zero attached hydrogens (tertiary/aromatic N) is 2. The van der Waals surface area contributed by atoms with E-state index in [1.54, 1.807) is 0 Å². The Morgan fingerprint density at radius 2 is 2.28 bits per heavy atom. The van der Waals surface area contributed by atoms with E-state index in [2.05, 4.69) is 36.2 Å². The second-order valence-electron chi connectivity index (χ2n) is 3.25. The van der Waals surface area contributed by atoms with Gasteiger partial charge < -0.3 is 10.1 Å². The van der Waals surface area contributed by atoms with E-state index < -0.39 is 0 Å². The highest BCUT2D eigenvalue weighted by Gasteiger charge is 2.16. The van der Waals surface area contributed by atoms with Gasteiger partial charge in [-0.25, -0.2) is 9.02 Å². The lowest BCUT2D eigenvalue weighted by atomic mass is 10.3. The van der Waals surface area contributed by atoms with Gasteiger partial charge in [-0.15, -0.1) is 0 Å². The fraction of sp³-hybridized carbons (Fsp3) is 0.100. The van der Waals surface area contributed by atoms with E-state index in [9.17, 15) is 4.39 Å². The molecular weight excluding hydrogens is 307 g/mol. The van der Waals surface area contributed by atoms with E-state index in [0.717, 1.165) is 0 Å². The lowest BCUT2D eigenvalue weighted by Gasteiger charge is -2.06. The lowest BCUT2D eigenvalue weighted by Crippen LogP contribution is -2.13. The van der Waals surface area contributed by atoms with Crippen LogP contribution in [-0.2, 0) is 0 Å². The Morgan fingerprint density at radius 1 is 1.50 bits per heavy atom. The number of ether oxygens (including phenoxy) is 1. The lowest BCUT2D eigenvalue weighted by molar-refractivity contribution is 0.281. The van der Waals surface area contributed by atoms with Gasteiger partial charge in [0, 0.05) is 5.69 Å². The molecule has 0 spiro atoms. The molecule has 0 aliphatic rings. The number of aromatic nitrogens is 2. The summed E-state index contributed by atoms with van der Waals surface area (Å²) < 4.78 is 22.7. The Morgan fingerprint density at radius 3 is 2.94 bits per heavy atom. The van der Waals surface area contributed by atoms with Crippen molar-refractivity contribution < 1.29 is 13.8 Å². The van der Waals surface area contributed by atoms with Crippen LogP contribution in [0.4, 0.5) is 10.1 Å². The molecule has 94 valence electrons. The summed E-state index contributed by atoms with van der Waals surface area (Å²) >= 11 is 3.06. The minimum atomic E-state index is -0.382. The first kappa shape index (κ1) is 12.5. The normalized spacial score (nSPS) is 10.2. The minimum Gasteiger partial charge on any atom is -0.477 e. The zero-order chi connectivity index (χ0) is 13.1. The van der Waals surface area contributed by atoms with E-state index in [1.807, 2.05) is 0 Å². The van der Waals surface area contributed by atoms with E-state index >= 15 is 0 Å². The van der Waals surface area contributed by atoms with Crippen molar-refractivity contribution in [3.63, 3.8) is 0 Å². The number of halogens is 2. The van der Waals surface area contributed by atoms with E-state index in [4.69, 9.17) is 10.1 Å². The summed E-state index contributed by atoms with van der Waals surface area (Å²) in [7, 11) is 1.39. The largest absolute Gasteiger partial charge is 0.477 e. The molecule has 1 heterocycles. The zero-order valence-corrected chi connectivity index (χ0v) is 10.8. The molecule has 0 atom stereocenters. The van der Waals surface area contributed by atoms with Gasteiger partial charge in [0.25, 0.3) is 5.88 Å². The number of anilines is 1. The average molecular weight is 315 g/mol. The van der Waals surface area contributed by atoms with Gasteiger partial charge in [0.05, 0.1) is 11.6 Å². The van der Waals surface area contributed by atoms with Gasteiger partial charge in [0.1, 0.15) is 5.82 Å². The molecule has 0 unspecified atom stereocenters. The molecule has 0 aliphatic heterocycles. The van der Waals surface area contributed by atoms with Crippen molar-refractivity contribution in [2.75, 3.05) is 12.4 Å². The van der Waals surface area contributed by atoms with Gasteiger partial charge in [0.2, 0.25) is 5.69 Å². The topological polar surface area (TPSA) is 84.0 Å². The monoisotopic (exact) mass is 314 g/mol. The standard InChI is InChI=1S/C10H8BrFN4O2/c1-17-10-8(15-18-16-10)9(13)14-5-2-3-7(12)6(11)4-5/h2-4H,1H3,(H2,13,14). The molecule has 18 heavy (non-hydrogen) atoms. The highest BCUT2D eigenvalue weighted by molar-refractivity contribution is 9.10. The van der Waals surface area contributed by atoms with Crippen molar-refractivity contribution in [1.82, 2.24) is 10.3 Å². The smallest absolute Gasteiger partial charge is 0.286 e. The minimum absolute atomic E-state index is 0.0633. The fourth-order valence-corrected chi connectivity index (χ4v) is 1.62. The maximum absolute atomic E-state index is 13.0. The van der Waals surface area contributed by atoms with Crippen LogP contribution in [0.1, 0.15) is 5.69 Å². The number of hydrogen-bond acceptors (Lipinski definition) is 5. The Balaban J connectivity index is 2.19. The number of amidine groups is 1. The molecule has 0 aliphatic carbocycles. The van der Waals surface area contributed by atoms with Crippen LogP contribution in [0.25, 0.3) is 0 Å². The van der Waals surface area contributed by atoms with Gasteiger partial charge in [-0.1, -0.05) is 0 Å². The van der Waals surface area contributed by atoms with Crippen LogP contribution in [0.15, 0.2) is 27.3 Å². The van der Waals surface area contributed by atoms with Crippen LogP contribution < -0.4 is 10.1 Å². The molecule has 2 aromatic rings. The van der Waals surface area contributed by atoms with Gasteiger partial charge in [-0.05, 0) is 44.4 Å². The van der Waals surface area contributed by atoms with Crippen molar-refractivity contribution >= 4 is 27.5 Å². The molecule has 0 saturated carbocycles. The molecule has 1 aromatic heterocycles. The number of hydrogen-bond donors (Lipinski definition) is 2. The molecule has 0 amide bonds. The zero-order valence-electron chi connectivity index (χ0n) is 9.20. The Kier molecular flexibility index (Phi) is 3.56. The Labute approximate surface area is 110 Å². The molecule has 0 bridgehead atoms. The van der Waals surface area contributed by atoms with E-state index in [0.29, 0.717) is 10.2 Å². The van der Waals surface area contributed by atoms with Crippen LogP contribution >= 0.6 is 15.9 Å². The Bertz CT molecular complexity index is 587. The van der Waals surface area contributed by atoms with Gasteiger partial charge in [-0.3, -0.25) is 5.41 Å². The second-order valence-corrected chi connectivity index (χ2v) is 4.11. The Hall–Kier alpha value is -1.96. The van der Waals surface area contributed by atoms with Gasteiger partial charge in [-0.2, -0.15) is 0 Å². The molecule has 0 fully saturated rings. The fourth-order valence-electron chi connectivity index (χ4n) is 1.24. The summed E-state index contributed by atoms with van der Waals surface area (Å²) in [4.78, 5) is 0. The first-order valence-electron chi connectivity index (χ1n) is 4.79. The second kappa shape index (κ2) is 5.13. The summed E-state index contributed by atoms with van der Waals surface area (Å²) in [6.45, 7) is 0. The quantitative estimate of drug-likeness (QED) is 0.671. The van der Waals surface area contributed by atoms with E-state index in [-0.39, 0.29) is 23.2 Å². The number of benzene rings is 1. The number of methoxy groups -OCH3 is 1. The predicted octanol–water partition coefficient (Wildman–Crippen LogP) is 2.42. The third-order valence-corrected chi connectivity index (χ3v) is 2.69. The first-order chi connectivity index (χ1) is 8.61. The molecule has 1 aromatic carbocycles.